The summed E-state index contributed by atoms with van der Waals surface area (Å²) in [6, 6.07) is 7.59. The van der Waals surface area contributed by atoms with Crippen LogP contribution in [0.3, 0.4) is 0 Å². The highest BCUT2D eigenvalue weighted by atomic mass is 35.5. The van der Waals surface area contributed by atoms with Crippen LogP contribution in [0.5, 0.6) is 0 Å². The average molecular weight is 477 g/mol. The quantitative estimate of drug-likeness (QED) is 0.660. The number of carbonyl (C=O) groups excluding carboxylic acids is 1. The van der Waals surface area contributed by atoms with Crippen molar-refractivity contribution < 1.29 is 13.2 Å². The molecule has 0 bridgehead atoms. The highest BCUT2D eigenvalue weighted by Crippen LogP contribution is 2.39. The molecule has 0 unspecified atom stereocenters. The zero-order valence-corrected chi connectivity index (χ0v) is 20.1. The number of likely N-dealkylation sites (tertiary alicyclic amines) is 1. The molecule has 2 aliphatic rings. The molecule has 2 saturated heterocycles. The van der Waals surface area contributed by atoms with Crippen LogP contribution in [0.2, 0.25) is 5.02 Å². The van der Waals surface area contributed by atoms with Crippen LogP contribution in [0.1, 0.15) is 55.6 Å². The fourth-order valence-electron chi connectivity index (χ4n) is 4.71. The molecule has 32 heavy (non-hydrogen) atoms. The van der Waals surface area contributed by atoms with E-state index in [0.717, 1.165) is 29.8 Å². The van der Waals surface area contributed by atoms with Crippen LogP contribution >= 0.6 is 11.6 Å². The van der Waals surface area contributed by atoms with E-state index < -0.39 is 15.4 Å². The minimum atomic E-state index is -3.23. The van der Waals surface area contributed by atoms with Crippen LogP contribution in [0.15, 0.2) is 36.7 Å². The van der Waals surface area contributed by atoms with E-state index in [-0.39, 0.29) is 11.9 Å². The number of hydrogen-bond donors (Lipinski definition) is 0. The normalized spacial score (nSPS) is 21.6. The fraction of sp³-hybridized carbons (Fsp3) is 0.522. The molecule has 0 N–H and O–H groups in total. The van der Waals surface area contributed by atoms with Crippen LogP contribution in [-0.4, -0.2) is 59.4 Å². The molecule has 2 aromatic rings. The summed E-state index contributed by atoms with van der Waals surface area (Å²) in [5.74, 6) is 0.0928. The zero-order valence-electron chi connectivity index (χ0n) is 18.5. The molecule has 9 heteroatoms. The van der Waals surface area contributed by atoms with Gasteiger partial charge in [0.25, 0.3) is 0 Å². The van der Waals surface area contributed by atoms with Gasteiger partial charge in [-0.2, -0.15) is 0 Å². The Bertz CT molecular complexity index is 1100. The van der Waals surface area contributed by atoms with E-state index in [9.17, 15) is 13.2 Å². The first-order valence-electron chi connectivity index (χ1n) is 11.0. The predicted molar refractivity (Wildman–Crippen MR) is 124 cm³/mol. The molecule has 1 amide bonds. The highest BCUT2D eigenvalue weighted by molar-refractivity contribution is 7.88. The minimum absolute atomic E-state index is 0.0928. The van der Waals surface area contributed by atoms with E-state index in [1.54, 1.807) is 12.4 Å². The number of aromatic nitrogens is 2. The van der Waals surface area contributed by atoms with E-state index in [2.05, 4.69) is 4.98 Å². The molecule has 7 nitrogen and oxygen atoms in total. The summed E-state index contributed by atoms with van der Waals surface area (Å²) < 4.78 is 25.2. The standard InChI is InChI=1S/C23H29ClN4O3S/c1-23(8-11-27(12-9-23)32(2,30)31)22(29)28-10-4-7-21(28)20-16-25-15-19(26-20)14-17-5-3-6-18(24)13-17/h3,5-6,13,15-16,21H,4,7-12,14H2,1-2H3/t21-/m1/s1. The fourth-order valence-corrected chi connectivity index (χ4v) is 5.77. The Hall–Kier alpha value is -2.03. The molecule has 0 saturated carbocycles. The third kappa shape index (κ3) is 4.97. The van der Waals surface area contributed by atoms with Crippen molar-refractivity contribution >= 4 is 27.5 Å². The van der Waals surface area contributed by atoms with Gasteiger partial charge in [0.2, 0.25) is 15.9 Å². The number of rotatable bonds is 5. The second-order valence-corrected chi connectivity index (χ2v) is 11.5. The van der Waals surface area contributed by atoms with Crippen LogP contribution in [0, 0.1) is 5.41 Å². The molecule has 3 heterocycles. The van der Waals surface area contributed by atoms with Crippen LogP contribution < -0.4 is 0 Å². The Morgan fingerprint density at radius 1 is 1.22 bits per heavy atom. The summed E-state index contributed by atoms with van der Waals surface area (Å²) >= 11 is 6.10. The molecule has 0 radical (unpaired) electrons. The second-order valence-electron chi connectivity index (χ2n) is 9.12. The van der Waals surface area contributed by atoms with Crippen molar-refractivity contribution in [2.24, 2.45) is 5.41 Å². The maximum atomic E-state index is 13.6. The third-order valence-corrected chi connectivity index (χ3v) is 8.18. The van der Waals surface area contributed by atoms with Crippen molar-refractivity contribution in [1.82, 2.24) is 19.2 Å². The largest absolute Gasteiger partial charge is 0.334 e. The monoisotopic (exact) mass is 476 g/mol. The number of amides is 1. The van der Waals surface area contributed by atoms with Gasteiger partial charge in [-0.15, -0.1) is 0 Å². The molecule has 0 spiro atoms. The second kappa shape index (κ2) is 9.08. The zero-order chi connectivity index (χ0) is 22.9. The lowest BCUT2D eigenvalue weighted by Crippen LogP contribution is -2.49. The number of sulfonamides is 1. The molecule has 2 fully saturated rings. The number of benzene rings is 1. The lowest BCUT2D eigenvalue weighted by atomic mass is 9.79. The maximum Gasteiger partial charge on any atom is 0.229 e. The van der Waals surface area contributed by atoms with Crippen molar-refractivity contribution in [3.05, 3.63) is 58.6 Å². The first-order chi connectivity index (χ1) is 15.2. The lowest BCUT2D eigenvalue weighted by molar-refractivity contribution is -0.144. The van der Waals surface area contributed by atoms with Gasteiger partial charge in [-0.3, -0.25) is 14.8 Å². The molecule has 1 atom stereocenters. The van der Waals surface area contributed by atoms with Gasteiger partial charge >= 0.3 is 0 Å². The highest BCUT2D eigenvalue weighted by Gasteiger charge is 2.44. The topological polar surface area (TPSA) is 83.5 Å². The molecular weight excluding hydrogens is 448 g/mol. The van der Waals surface area contributed by atoms with Crippen LogP contribution in [0.4, 0.5) is 0 Å². The van der Waals surface area contributed by atoms with Gasteiger partial charge in [-0.1, -0.05) is 30.7 Å². The van der Waals surface area contributed by atoms with Crippen molar-refractivity contribution in [2.45, 2.75) is 45.1 Å². The molecular formula is C23H29ClN4O3S. The Labute approximate surface area is 194 Å². The van der Waals surface area contributed by atoms with Gasteiger partial charge in [0, 0.05) is 42.7 Å². The van der Waals surface area contributed by atoms with Gasteiger partial charge in [-0.25, -0.2) is 12.7 Å². The lowest BCUT2D eigenvalue weighted by Gasteiger charge is -2.40. The van der Waals surface area contributed by atoms with Gasteiger partial charge in [0.05, 0.1) is 29.9 Å². The van der Waals surface area contributed by atoms with Gasteiger partial charge in [0.1, 0.15) is 0 Å². The summed E-state index contributed by atoms with van der Waals surface area (Å²) in [5, 5.41) is 0.689. The van der Waals surface area contributed by atoms with Gasteiger partial charge in [0.15, 0.2) is 0 Å². The number of halogens is 1. The van der Waals surface area contributed by atoms with Gasteiger partial charge < -0.3 is 4.90 Å². The van der Waals surface area contributed by atoms with Gasteiger partial charge in [-0.05, 0) is 43.4 Å². The Morgan fingerprint density at radius 2 is 1.97 bits per heavy atom. The SMILES string of the molecule is CC1(C(=O)N2CCC[C@@H]2c2cncc(Cc3cccc(Cl)c3)n2)CCN(S(C)(=O)=O)CC1. The molecule has 4 rings (SSSR count). The number of hydrogen-bond acceptors (Lipinski definition) is 5. The predicted octanol–water partition coefficient (Wildman–Crippen LogP) is 3.45. The Kier molecular flexibility index (Phi) is 6.56. The van der Waals surface area contributed by atoms with Crippen molar-refractivity contribution in [1.29, 1.82) is 0 Å². The third-order valence-electron chi connectivity index (χ3n) is 6.64. The summed E-state index contributed by atoms with van der Waals surface area (Å²) in [6.07, 6.45) is 8.20. The summed E-state index contributed by atoms with van der Waals surface area (Å²) in [5.41, 5.74) is 2.16. The first-order valence-corrected chi connectivity index (χ1v) is 13.2. The molecule has 172 valence electrons. The van der Waals surface area contributed by atoms with E-state index in [0.29, 0.717) is 43.9 Å². The number of carbonyl (C=O) groups is 1. The van der Waals surface area contributed by atoms with Crippen molar-refractivity contribution in [2.75, 3.05) is 25.9 Å². The maximum absolute atomic E-state index is 13.6. The number of nitrogens with zero attached hydrogens (tertiary/aromatic N) is 4. The van der Waals surface area contributed by atoms with Crippen molar-refractivity contribution in [3.8, 4) is 0 Å². The van der Waals surface area contributed by atoms with E-state index in [1.807, 2.05) is 36.1 Å². The Morgan fingerprint density at radius 3 is 2.66 bits per heavy atom. The Balaban J connectivity index is 1.49. The first kappa shape index (κ1) is 23.1. The molecule has 2 aliphatic heterocycles. The summed E-state index contributed by atoms with van der Waals surface area (Å²) in [6.45, 7) is 3.42. The molecule has 1 aromatic carbocycles. The smallest absolute Gasteiger partial charge is 0.229 e. The van der Waals surface area contributed by atoms with E-state index >= 15 is 0 Å². The summed E-state index contributed by atoms with van der Waals surface area (Å²) in [7, 11) is -3.23. The average Bonchev–Trinajstić information content (AvgIpc) is 3.23. The molecule has 0 aliphatic carbocycles. The van der Waals surface area contributed by atoms with E-state index in [4.69, 9.17) is 16.6 Å². The minimum Gasteiger partial charge on any atom is -0.334 e. The molecule has 1 aromatic heterocycles. The van der Waals surface area contributed by atoms with Crippen LogP contribution in [0.25, 0.3) is 0 Å². The van der Waals surface area contributed by atoms with E-state index in [1.165, 1.54) is 10.6 Å². The van der Waals surface area contributed by atoms with Crippen LogP contribution in [-0.2, 0) is 21.2 Å². The number of piperidine rings is 1. The van der Waals surface area contributed by atoms with Crippen molar-refractivity contribution in [3.63, 3.8) is 0 Å². The summed E-state index contributed by atoms with van der Waals surface area (Å²) in [4.78, 5) is 24.7.